The number of carbonyl (C=O) groups is 3. The zero-order chi connectivity index (χ0) is 26.9. The predicted molar refractivity (Wildman–Crippen MR) is 133 cm³/mol. The Morgan fingerprint density at radius 1 is 1.14 bits per heavy atom. The van der Waals surface area contributed by atoms with Crippen LogP contribution in [-0.2, 0) is 14.3 Å². The molecule has 2 atom stereocenters. The van der Waals surface area contributed by atoms with Crippen LogP contribution in [0.1, 0.15) is 69.6 Å². The van der Waals surface area contributed by atoms with Gasteiger partial charge in [0.15, 0.2) is 5.65 Å². The van der Waals surface area contributed by atoms with E-state index in [1.165, 1.54) is 9.42 Å². The first-order chi connectivity index (χ1) is 17.6. The summed E-state index contributed by atoms with van der Waals surface area (Å²) < 4.78 is 18.1. The summed E-state index contributed by atoms with van der Waals surface area (Å²) in [4.78, 5) is 47.9. The van der Waals surface area contributed by atoms with Crippen LogP contribution in [0, 0.1) is 37.2 Å². The Morgan fingerprint density at radius 2 is 1.78 bits per heavy atom. The topological polar surface area (TPSA) is 120 Å². The average Bonchev–Trinajstić information content (AvgIpc) is 3.36. The molecule has 0 spiro atoms. The summed E-state index contributed by atoms with van der Waals surface area (Å²) >= 11 is 0. The zero-order valence-electron chi connectivity index (χ0n) is 22.1. The molecule has 0 aromatic carbocycles. The van der Waals surface area contributed by atoms with E-state index < -0.39 is 12.1 Å². The number of likely N-dealkylation sites (tertiary alicyclic amines) is 1. The number of aromatic nitrogens is 3. The maximum absolute atomic E-state index is 13.4. The largest absolute Gasteiger partial charge is 0.466 e. The van der Waals surface area contributed by atoms with Gasteiger partial charge in [0.2, 0.25) is 5.88 Å². The Kier molecular flexibility index (Phi) is 7.76. The van der Waals surface area contributed by atoms with Crippen LogP contribution in [0.4, 0.5) is 10.5 Å². The number of ether oxygens (including phenoxy) is 3. The number of esters is 2. The molecule has 2 unspecified atom stereocenters. The van der Waals surface area contributed by atoms with Gasteiger partial charge in [-0.2, -0.15) is 0 Å². The van der Waals surface area contributed by atoms with Gasteiger partial charge >= 0.3 is 18.0 Å². The van der Waals surface area contributed by atoms with Crippen molar-refractivity contribution < 1.29 is 28.6 Å². The van der Waals surface area contributed by atoms with Gasteiger partial charge in [0.05, 0.1) is 19.1 Å². The lowest BCUT2D eigenvalue weighted by Gasteiger charge is -2.37. The van der Waals surface area contributed by atoms with Gasteiger partial charge in [-0.3, -0.25) is 9.89 Å². The summed E-state index contributed by atoms with van der Waals surface area (Å²) in [6.45, 7) is 18.5. The maximum atomic E-state index is 13.4. The first-order valence-electron chi connectivity index (χ1n) is 13.0. The Morgan fingerprint density at radius 3 is 2.38 bits per heavy atom. The van der Waals surface area contributed by atoms with Crippen LogP contribution in [0.3, 0.4) is 0 Å². The molecule has 37 heavy (non-hydrogen) atoms. The SMILES string of the molecule is [C-]#[N+]c1c(C(=O)OC2C(C)CC(C)CC2C)c2nc(C)[nH]n2c1OC(=O)N1CCC(C(=O)OCC)CC1. The molecule has 11 nitrogen and oxygen atoms in total. The van der Waals surface area contributed by atoms with Gasteiger partial charge in [0, 0.05) is 13.1 Å². The molecule has 0 radical (unpaired) electrons. The number of fused-ring (bicyclic) bond motifs is 1. The minimum absolute atomic E-state index is 0.0128. The van der Waals surface area contributed by atoms with Crippen LogP contribution in [0.2, 0.25) is 0 Å². The van der Waals surface area contributed by atoms with Gasteiger partial charge in [0.25, 0.3) is 5.69 Å². The first kappa shape index (κ1) is 26.5. The molecule has 0 bridgehead atoms. The number of rotatable bonds is 5. The first-order valence-corrected chi connectivity index (χ1v) is 13.0. The van der Waals surface area contributed by atoms with Gasteiger partial charge in [0.1, 0.15) is 17.5 Å². The quantitative estimate of drug-likeness (QED) is 0.461. The molecule has 11 heteroatoms. The molecule has 2 aromatic heterocycles. The van der Waals surface area contributed by atoms with Crippen LogP contribution in [0.5, 0.6) is 5.88 Å². The fourth-order valence-electron chi connectivity index (χ4n) is 5.78. The number of nitrogens with zero attached hydrogens (tertiary/aromatic N) is 4. The van der Waals surface area contributed by atoms with Gasteiger partial charge in [-0.05, 0) is 57.3 Å². The number of aryl methyl sites for hydroxylation is 1. The summed E-state index contributed by atoms with van der Waals surface area (Å²) in [5, 5.41) is 2.95. The van der Waals surface area contributed by atoms with E-state index in [0.29, 0.717) is 44.3 Å². The van der Waals surface area contributed by atoms with Gasteiger partial charge in [-0.1, -0.05) is 20.8 Å². The van der Waals surface area contributed by atoms with E-state index in [1.807, 2.05) is 0 Å². The van der Waals surface area contributed by atoms with Crippen molar-refractivity contribution in [3.05, 3.63) is 22.8 Å². The summed E-state index contributed by atoms with van der Waals surface area (Å²) in [6, 6.07) is 0. The molecule has 1 saturated carbocycles. The average molecular weight is 514 g/mol. The summed E-state index contributed by atoms with van der Waals surface area (Å²) in [7, 11) is 0. The minimum atomic E-state index is -0.665. The molecule has 3 heterocycles. The Bertz CT molecular complexity index is 1210. The van der Waals surface area contributed by atoms with Gasteiger partial charge in [-0.25, -0.2) is 23.9 Å². The summed E-state index contributed by atoms with van der Waals surface area (Å²) in [6.07, 6.45) is 1.90. The molecule has 1 saturated heterocycles. The van der Waals surface area contributed by atoms with Crippen LogP contribution in [0.15, 0.2) is 0 Å². The van der Waals surface area contributed by atoms with E-state index in [2.05, 4.69) is 35.7 Å². The van der Waals surface area contributed by atoms with Gasteiger partial charge < -0.3 is 19.1 Å². The van der Waals surface area contributed by atoms with E-state index in [0.717, 1.165) is 12.8 Å². The monoisotopic (exact) mass is 513 g/mol. The summed E-state index contributed by atoms with van der Waals surface area (Å²) in [5.41, 5.74) is 0.0472. The third-order valence-corrected chi connectivity index (χ3v) is 7.41. The number of aromatic amines is 1. The van der Waals surface area contributed by atoms with E-state index in [4.69, 9.17) is 20.8 Å². The number of nitrogens with one attached hydrogen (secondary N) is 1. The van der Waals surface area contributed by atoms with Crippen molar-refractivity contribution in [2.45, 2.75) is 66.4 Å². The molecule has 2 aromatic rings. The van der Waals surface area contributed by atoms with Crippen LogP contribution in [0.25, 0.3) is 10.5 Å². The third kappa shape index (κ3) is 5.29. The highest BCUT2D eigenvalue weighted by atomic mass is 16.6. The molecular formula is C26H35N5O6. The standard InChI is InChI=1S/C26H35N5O6/c1-7-35-24(32)18-8-10-30(11-9-18)26(34)37-23-20(27-6)19(22-28-17(5)29-31(22)23)25(33)36-21-15(3)12-14(2)13-16(21)4/h14-16,18,21H,7-13H2,1-5H3,(H,28,29). The number of hydrogen-bond donors (Lipinski definition) is 1. The zero-order valence-corrected chi connectivity index (χ0v) is 22.1. The number of amides is 1. The van der Waals surface area contributed by atoms with Crippen LogP contribution in [-0.4, -0.2) is 63.3 Å². The molecular weight excluding hydrogens is 478 g/mol. The Hall–Kier alpha value is -3.55. The van der Waals surface area contributed by atoms with Crippen LogP contribution >= 0.6 is 0 Å². The normalized spacial score (nSPS) is 24.5. The van der Waals surface area contributed by atoms with Crippen molar-refractivity contribution in [1.82, 2.24) is 19.5 Å². The third-order valence-electron chi connectivity index (χ3n) is 7.41. The lowest BCUT2D eigenvalue weighted by Crippen LogP contribution is -2.42. The van der Waals surface area contributed by atoms with Crippen molar-refractivity contribution in [1.29, 1.82) is 0 Å². The fourth-order valence-corrected chi connectivity index (χ4v) is 5.78. The van der Waals surface area contributed by atoms with Gasteiger partial charge in [-0.15, -0.1) is 0 Å². The second kappa shape index (κ2) is 10.8. The summed E-state index contributed by atoms with van der Waals surface area (Å²) in [5.74, 6) is 0.155. The fraction of sp³-hybridized carbons (Fsp3) is 0.654. The molecule has 1 aliphatic heterocycles. The minimum Gasteiger partial charge on any atom is -0.466 e. The molecule has 200 valence electrons. The maximum Gasteiger partial charge on any atom is 0.415 e. The molecule has 2 fully saturated rings. The van der Waals surface area contributed by atoms with Crippen molar-refractivity contribution in [2.75, 3.05) is 19.7 Å². The van der Waals surface area contributed by atoms with E-state index in [9.17, 15) is 14.4 Å². The number of hydrogen-bond acceptors (Lipinski definition) is 7. The highest BCUT2D eigenvalue weighted by Gasteiger charge is 2.38. The van der Waals surface area contributed by atoms with Crippen molar-refractivity contribution >= 4 is 29.4 Å². The van der Waals surface area contributed by atoms with Crippen molar-refractivity contribution in [3.63, 3.8) is 0 Å². The van der Waals surface area contributed by atoms with Crippen molar-refractivity contribution in [3.8, 4) is 5.88 Å². The Labute approximate surface area is 216 Å². The predicted octanol–water partition coefficient (Wildman–Crippen LogP) is 4.52. The number of H-pyrrole nitrogens is 1. The number of piperidine rings is 1. The molecule has 1 N–H and O–H groups in total. The lowest BCUT2D eigenvalue weighted by atomic mass is 9.75. The second-order valence-corrected chi connectivity index (χ2v) is 10.4. The second-order valence-electron chi connectivity index (χ2n) is 10.4. The molecule has 1 amide bonds. The molecule has 1 aliphatic carbocycles. The highest BCUT2D eigenvalue weighted by Crippen LogP contribution is 2.40. The lowest BCUT2D eigenvalue weighted by molar-refractivity contribution is -0.149. The Balaban J connectivity index is 1.56. The smallest absolute Gasteiger partial charge is 0.415 e. The molecule has 2 aliphatic rings. The van der Waals surface area contributed by atoms with Crippen LogP contribution < -0.4 is 4.74 Å². The van der Waals surface area contributed by atoms with E-state index in [1.54, 1.807) is 13.8 Å². The molecule has 4 rings (SSSR count). The van der Waals surface area contributed by atoms with E-state index >= 15 is 0 Å². The number of carbonyl (C=O) groups excluding carboxylic acids is 3. The van der Waals surface area contributed by atoms with Crippen molar-refractivity contribution in [2.24, 2.45) is 23.7 Å². The van der Waals surface area contributed by atoms with E-state index in [-0.39, 0.29) is 52.6 Å². The highest BCUT2D eigenvalue weighted by molar-refractivity contribution is 6.05.